The molecule has 0 amide bonds. The van der Waals surface area contributed by atoms with Crippen molar-refractivity contribution < 1.29 is 9.47 Å². The van der Waals surface area contributed by atoms with Crippen molar-refractivity contribution in [3.05, 3.63) is 0 Å². The molecule has 0 aromatic rings. The average Bonchev–Trinajstić information content (AvgIpc) is 3.12. The topological polar surface area (TPSA) is 18.5 Å². The molecule has 0 aromatic heterocycles. The van der Waals surface area contributed by atoms with Gasteiger partial charge in [0.15, 0.2) is 0 Å². The zero-order valence-electron chi connectivity index (χ0n) is 33.3. The van der Waals surface area contributed by atoms with Gasteiger partial charge >= 0.3 is 0 Å². The summed E-state index contributed by atoms with van der Waals surface area (Å²) in [6, 6.07) is 0. The van der Waals surface area contributed by atoms with E-state index in [-0.39, 0.29) is 12.2 Å². The van der Waals surface area contributed by atoms with Crippen LogP contribution in [0.25, 0.3) is 0 Å². The molecule has 0 N–H and O–H groups in total. The Bertz CT molecular complexity index is 712. The van der Waals surface area contributed by atoms with Crippen LogP contribution >= 0.6 is 0 Å². The SMILES string of the molecule is CCCCCCCC1CCC(C2(CCOC(C)C(C)OCCC3(C4CCC(CCCCCCC)CC4)CCCCC3)CCCCC2)CC1. The molecule has 0 radical (unpaired) electrons. The van der Waals surface area contributed by atoms with Crippen LogP contribution in [0.4, 0.5) is 0 Å². The van der Waals surface area contributed by atoms with E-state index in [1.165, 1.54) is 205 Å². The lowest BCUT2D eigenvalue weighted by Gasteiger charge is -2.47. The fourth-order valence-electron chi connectivity index (χ4n) is 11.6. The Labute approximate surface area is 301 Å². The molecule has 0 bridgehead atoms. The van der Waals surface area contributed by atoms with Gasteiger partial charge in [0, 0.05) is 13.2 Å². The van der Waals surface area contributed by atoms with Crippen LogP contribution in [-0.4, -0.2) is 25.4 Å². The van der Waals surface area contributed by atoms with Crippen molar-refractivity contribution in [3.8, 4) is 0 Å². The smallest absolute Gasteiger partial charge is 0.0805 e. The third kappa shape index (κ3) is 13.2. The molecule has 4 saturated carbocycles. The third-order valence-corrected chi connectivity index (χ3v) is 15.2. The highest BCUT2D eigenvalue weighted by Gasteiger charge is 2.42. The molecular formula is C46H86O2. The van der Waals surface area contributed by atoms with Crippen LogP contribution in [0.5, 0.6) is 0 Å². The van der Waals surface area contributed by atoms with Gasteiger partial charge in [-0.25, -0.2) is 0 Å². The quantitative estimate of drug-likeness (QED) is 0.101. The molecule has 0 aliphatic heterocycles. The largest absolute Gasteiger partial charge is 0.376 e. The van der Waals surface area contributed by atoms with Crippen molar-refractivity contribution in [3.63, 3.8) is 0 Å². The second kappa shape index (κ2) is 22.8. The minimum Gasteiger partial charge on any atom is -0.376 e. The van der Waals surface area contributed by atoms with Gasteiger partial charge in [0.05, 0.1) is 12.2 Å². The first-order valence-electron chi connectivity index (χ1n) is 22.7. The summed E-state index contributed by atoms with van der Waals surface area (Å²) in [6.07, 6.45) is 47.0. The summed E-state index contributed by atoms with van der Waals surface area (Å²) in [4.78, 5) is 0. The monoisotopic (exact) mass is 671 g/mol. The van der Waals surface area contributed by atoms with E-state index in [2.05, 4.69) is 27.7 Å². The summed E-state index contributed by atoms with van der Waals surface area (Å²) in [7, 11) is 0. The number of rotatable bonds is 23. The van der Waals surface area contributed by atoms with Crippen LogP contribution in [0, 0.1) is 34.5 Å². The normalized spacial score (nSPS) is 29.0. The molecule has 282 valence electrons. The average molecular weight is 671 g/mol. The standard InChI is InChI=1S/C46H86O2/c1-5-7-9-11-15-21-41-23-27-43(28-24-41)45(31-17-13-18-32-45)35-37-47-39(3)40(4)48-38-36-46(33-19-14-20-34-46)44-29-25-42(26-30-44)22-16-12-10-8-6-2/h39-44H,5-38H2,1-4H3. The van der Waals surface area contributed by atoms with Gasteiger partial charge in [-0.2, -0.15) is 0 Å². The van der Waals surface area contributed by atoms with E-state index in [0.29, 0.717) is 10.8 Å². The molecule has 4 aliphatic carbocycles. The Morgan fingerprint density at radius 3 is 1.17 bits per heavy atom. The van der Waals surface area contributed by atoms with Crippen LogP contribution < -0.4 is 0 Å². The van der Waals surface area contributed by atoms with Gasteiger partial charge in [-0.3, -0.25) is 0 Å². The molecule has 0 heterocycles. The Morgan fingerprint density at radius 2 is 0.812 bits per heavy atom. The molecular weight excluding hydrogens is 585 g/mol. The number of hydrogen-bond donors (Lipinski definition) is 0. The van der Waals surface area contributed by atoms with E-state index in [1.54, 1.807) is 0 Å². The third-order valence-electron chi connectivity index (χ3n) is 15.2. The van der Waals surface area contributed by atoms with Crippen LogP contribution in [-0.2, 0) is 9.47 Å². The van der Waals surface area contributed by atoms with E-state index < -0.39 is 0 Å². The maximum atomic E-state index is 6.65. The molecule has 2 atom stereocenters. The van der Waals surface area contributed by atoms with Crippen LogP contribution in [0.1, 0.15) is 233 Å². The fraction of sp³-hybridized carbons (Fsp3) is 1.00. The summed E-state index contributed by atoms with van der Waals surface area (Å²) in [5.74, 6) is 3.94. The molecule has 48 heavy (non-hydrogen) atoms. The van der Waals surface area contributed by atoms with Gasteiger partial charge in [0.2, 0.25) is 0 Å². The molecule has 2 unspecified atom stereocenters. The Balaban J connectivity index is 1.16. The number of unbranched alkanes of at least 4 members (excludes halogenated alkanes) is 8. The lowest BCUT2D eigenvalue weighted by molar-refractivity contribution is -0.0823. The molecule has 0 aromatic carbocycles. The van der Waals surface area contributed by atoms with E-state index in [4.69, 9.17) is 9.47 Å². The predicted molar refractivity (Wildman–Crippen MR) is 209 cm³/mol. The minimum atomic E-state index is 0.198. The second-order valence-electron chi connectivity index (χ2n) is 18.3. The van der Waals surface area contributed by atoms with E-state index >= 15 is 0 Å². The van der Waals surface area contributed by atoms with Crippen molar-refractivity contribution in [1.82, 2.24) is 0 Å². The van der Waals surface area contributed by atoms with Gasteiger partial charge in [0.25, 0.3) is 0 Å². The first-order chi connectivity index (χ1) is 23.5. The van der Waals surface area contributed by atoms with Crippen LogP contribution in [0.3, 0.4) is 0 Å². The van der Waals surface area contributed by atoms with Crippen molar-refractivity contribution in [2.24, 2.45) is 34.5 Å². The highest BCUT2D eigenvalue weighted by Crippen LogP contribution is 2.53. The van der Waals surface area contributed by atoms with Gasteiger partial charge < -0.3 is 9.47 Å². The van der Waals surface area contributed by atoms with E-state index in [0.717, 1.165) is 36.9 Å². The molecule has 0 spiro atoms. The molecule has 2 heteroatoms. The molecule has 0 saturated heterocycles. The zero-order chi connectivity index (χ0) is 33.9. The lowest BCUT2D eigenvalue weighted by atomic mass is 9.59. The molecule has 4 fully saturated rings. The summed E-state index contributed by atoms with van der Waals surface area (Å²) in [5.41, 5.74) is 1.13. The Hall–Kier alpha value is -0.0800. The summed E-state index contributed by atoms with van der Waals surface area (Å²) in [6.45, 7) is 11.1. The van der Waals surface area contributed by atoms with Crippen LogP contribution in [0.15, 0.2) is 0 Å². The van der Waals surface area contributed by atoms with Gasteiger partial charge in [-0.1, -0.05) is 155 Å². The van der Waals surface area contributed by atoms with Crippen LogP contribution in [0.2, 0.25) is 0 Å². The van der Waals surface area contributed by atoms with E-state index in [1.807, 2.05) is 0 Å². The Kier molecular flexibility index (Phi) is 19.3. The zero-order valence-corrected chi connectivity index (χ0v) is 33.3. The highest BCUT2D eigenvalue weighted by molar-refractivity contribution is 4.93. The minimum absolute atomic E-state index is 0.198. The van der Waals surface area contributed by atoms with Crippen molar-refractivity contribution >= 4 is 0 Å². The van der Waals surface area contributed by atoms with Gasteiger partial charge in [0.1, 0.15) is 0 Å². The predicted octanol–water partition coefficient (Wildman–Crippen LogP) is 14.8. The number of hydrogen-bond acceptors (Lipinski definition) is 2. The lowest BCUT2D eigenvalue weighted by Crippen LogP contribution is -2.38. The molecule has 2 nitrogen and oxygen atoms in total. The van der Waals surface area contributed by atoms with Gasteiger partial charge in [-0.15, -0.1) is 0 Å². The first kappa shape index (κ1) is 40.7. The maximum Gasteiger partial charge on any atom is 0.0805 e. The summed E-state index contributed by atoms with van der Waals surface area (Å²) < 4.78 is 13.3. The second-order valence-corrected chi connectivity index (χ2v) is 18.3. The fourth-order valence-corrected chi connectivity index (χ4v) is 11.6. The molecule has 4 aliphatic rings. The van der Waals surface area contributed by atoms with E-state index in [9.17, 15) is 0 Å². The van der Waals surface area contributed by atoms with Crippen molar-refractivity contribution in [2.45, 2.75) is 245 Å². The molecule has 4 rings (SSSR count). The van der Waals surface area contributed by atoms with Crippen molar-refractivity contribution in [2.75, 3.05) is 13.2 Å². The van der Waals surface area contributed by atoms with Crippen molar-refractivity contribution in [1.29, 1.82) is 0 Å². The summed E-state index contributed by atoms with van der Waals surface area (Å²) in [5, 5.41) is 0. The first-order valence-corrected chi connectivity index (χ1v) is 22.7. The maximum absolute atomic E-state index is 6.65. The summed E-state index contributed by atoms with van der Waals surface area (Å²) >= 11 is 0. The number of ether oxygens (including phenoxy) is 2. The van der Waals surface area contributed by atoms with Gasteiger partial charge in [-0.05, 0) is 113 Å². The Morgan fingerprint density at radius 1 is 0.458 bits per heavy atom. The highest BCUT2D eigenvalue weighted by atomic mass is 16.5.